The van der Waals surface area contributed by atoms with Crippen LogP contribution in [-0.2, 0) is 0 Å². The normalized spacial score (nSPS) is 0. The van der Waals surface area contributed by atoms with Crippen molar-refractivity contribution < 1.29 is 0 Å². The van der Waals surface area contributed by atoms with Crippen LogP contribution in [0.15, 0.2) is 0 Å². The van der Waals surface area contributed by atoms with Crippen LogP contribution in [-0.4, -0.2) is 156 Å². The van der Waals surface area contributed by atoms with Gasteiger partial charge in [-0.15, -0.1) is 0 Å². The van der Waals surface area contributed by atoms with Gasteiger partial charge in [0.1, 0.15) is 0 Å². The third-order valence-electron chi connectivity index (χ3n) is 0. The van der Waals surface area contributed by atoms with E-state index < -0.39 is 0 Å². The summed E-state index contributed by atoms with van der Waals surface area (Å²) < 4.78 is 0. The Hall–Kier alpha value is 4.95. The molecule has 0 bridgehead atoms. The van der Waals surface area contributed by atoms with Gasteiger partial charge >= 0.3 is 156 Å². The summed E-state index contributed by atoms with van der Waals surface area (Å²) in [5.41, 5.74) is 0. The van der Waals surface area contributed by atoms with Crippen LogP contribution in [0.2, 0.25) is 0 Å². The van der Waals surface area contributed by atoms with Crippen LogP contribution in [0, 0.1) is 0 Å². The second-order valence-electron chi connectivity index (χ2n) is 0. The summed E-state index contributed by atoms with van der Waals surface area (Å²) in [6.45, 7) is 0. The number of rotatable bonds is 0. The van der Waals surface area contributed by atoms with E-state index in [-0.39, 0.29) is 156 Å². The number of hydrogen-bond donors (Lipinski definition) is 0. The average Bonchev–Trinajstić information content (AvgIpc) is 0. The van der Waals surface area contributed by atoms with Gasteiger partial charge in [0.05, 0.1) is 0 Å². The zero-order valence-electron chi connectivity index (χ0n) is 1.02. The molecular formula is H30Ge6InSb. The third kappa shape index (κ3) is 44.3. The van der Waals surface area contributed by atoms with Gasteiger partial charge in [-0.2, -0.15) is 0 Å². The summed E-state index contributed by atoms with van der Waals surface area (Å²) in [5.74, 6) is 0. The molecule has 8 heteroatoms. The molecule has 0 saturated carbocycles. The van der Waals surface area contributed by atoms with Gasteiger partial charge in [-0.1, -0.05) is 0 Å². The average molecular weight is 702 g/mol. The molecule has 0 aliphatic rings. The molecule has 0 heterocycles. The van der Waals surface area contributed by atoms with Gasteiger partial charge in [0.15, 0.2) is 0 Å². The van der Waals surface area contributed by atoms with Crippen LogP contribution in [0.25, 0.3) is 0 Å². The third-order valence-corrected chi connectivity index (χ3v) is 0. The Labute approximate surface area is 152 Å². The van der Waals surface area contributed by atoms with E-state index in [9.17, 15) is 0 Å². The van der Waals surface area contributed by atoms with Crippen molar-refractivity contribution in [2.45, 2.75) is 0 Å². The molecule has 0 N–H and O–H groups in total. The fourth-order valence-electron chi connectivity index (χ4n) is 0. The molecule has 0 aromatic rings. The Morgan fingerprint density at radius 2 is 0.375 bits per heavy atom. The molecule has 0 unspecified atom stereocenters. The Morgan fingerprint density at radius 1 is 0.375 bits per heavy atom. The first-order valence-corrected chi connectivity index (χ1v) is 0. The Balaban J connectivity index is 0. The Bertz CT molecular complexity index is 8.49. The van der Waals surface area contributed by atoms with Crippen molar-refractivity contribution in [3.05, 3.63) is 0 Å². The first-order chi connectivity index (χ1) is 0. The minimum atomic E-state index is 0. The SMILES string of the molecule is [GeH5-].[GeH5-].[GeH5-].[GeH5-].[GeH5-].[GeH5-].[In+3].[Sb+3]. The Morgan fingerprint density at radius 3 is 0.375 bits per heavy atom. The number of hydrogen-bond acceptors (Lipinski definition) is 0. The molecule has 2 radical (unpaired) electrons. The summed E-state index contributed by atoms with van der Waals surface area (Å²) >= 11 is 0. The minimum Gasteiger partial charge on any atom is 3.00 e. The van der Waals surface area contributed by atoms with Crippen LogP contribution in [0.4, 0.5) is 0 Å². The van der Waals surface area contributed by atoms with E-state index >= 15 is 0 Å². The zero-order chi connectivity index (χ0) is 0. The van der Waals surface area contributed by atoms with E-state index in [4.69, 9.17) is 0 Å². The van der Waals surface area contributed by atoms with Crippen molar-refractivity contribution in [2.75, 3.05) is 0 Å². The van der Waals surface area contributed by atoms with E-state index in [1.807, 2.05) is 0 Å². The van der Waals surface area contributed by atoms with E-state index in [2.05, 4.69) is 0 Å². The maximum absolute atomic E-state index is 0. The summed E-state index contributed by atoms with van der Waals surface area (Å²) in [4.78, 5) is 0. The first kappa shape index (κ1) is 75.5. The molecule has 0 aliphatic heterocycles. The molecule has 62 valence electrons. The van der Waals surface area contributed by atoms with Crippen molar-refractivity contribution in [2.24, 2.45) is 0 Å². The van der Waals surface area contributed by atoms with Gasteiger partial charge < -0.3 is 0 Å². The standard InChI is InChI=1S/6GeH5.In.Sb/h6*1H5;;/q6*-1;2*+3. The van der Waals surface area contributed by atoms with E-state index in [1.165, 1.54) is 0 Å². The molecule has 0 atom stereocenters. The van der Waals surface area contributed by atoms with E-state index in [1.54, 1.807) is 0 Å². The van der Waals surface area contributed by atoms with Crippen molar-refractivity contribution >= 4 is 156 Å². The predicted molar refractivity (Wildman–Crippen MR) is 87.9 cm³/mol. The summed E-state index contributed by atoms with van der Waals surface area (Å²) in [7, 11) is 0. The molecule has 0 spiro atoms. The monoisotopic (exact) mass is 710 g/mol. The fourth-order valence-corrected chi connectivity index (χ4v) is 0. The first-order valence-electron chi connectivity index (χ1n) is 0. The van der Waals surface area contributed by atoms with Crippen LogP contribution in [0.1, 0.15) is 0 Å². The smallest absolute Gasteiger partial charge is 3.00 e. The largest absolute Gasteiger partial charge is 3.00 e. The molecule has 0 saturated heterocycles. The van der Waals surface area contributed by atoms with Crippen molar-refractivity contribution in [3.8, 4) is 0 Å². The molecule has 0 aromatic heterocycles. The molecular weight excluding hydrogens is 672 g/mol. The van der Waals surface area contributed by atoms with Gasteiger partial charge in [0.25, 0.3) is 0 Å². The van der Waals surface area contributed by atoms with Crippen molar-refractivity contribution in [1.82, 2.24) is 0 Å². The molecule has 0 aromatic carbocycles. The molecule has 0 aliphatic carbocycles. The molecule has 8 heavy (non-hydrogen) atoms. The maximum Gasteiger partial charge on any atom is 3.00 e. The summed E-state index contributed by atoms with van der Waals surface area (Å²) in [6, 6.07) is 0. The van der Waals surface area contributed by atoms with E-state index in [0.29, 0.717) is 0 Å². The van der Waals surface area contributed by atoms with Crippen LogP contribution < -0.4 is 0 Å². The van der Waals surface area contributed by atoms with Gasteiger partial charge in [0.2, 0.25) is 0 Å². The molecule has 0 rings (SSSR count). The molecule has 0 fully saturated rings. The maximum atomic E-state index is 0. The second-order valence-corrected chi connectivity index (χ2v) is 0. The van der Waals surface area contributed by atoms with Gasteiger partial charge in [0, 0.05) is 0 Å². The van der Waals surface area contributed by atoms with E-state index in [0.717, 1.165) is 0 Å². The quantitative estimate of drug-likeness (QED) is 0.221. The van der Waals surface area contributed by atoms with Crippen LogP contribution in [0.3, 0.4) is 0 Å². The fraction of sp³-hybridized carbons (Fsp3) is 0. The minimum absolute atomic E-state index is 0. The van der Waals surface area contributed by atoms with Crippen LogP contribution in [0.5, 0.6) is 0 Å². The Kier molecular flexibility index (Phi) is 552. The van der Waals surface area contributed by atoms with Gasteiger partial charge in [-0.3, -0.25) is 0 Å². The van der Waals surface area contributed by atoms with Gasteiger partial charge in [-0.25, -0.2) is 0 Å². The summed E-state index contributed by atoms with van der Waals surface area (Å²) in [5, 5.41) is 0. The van der Waals surface area contributed by atoms with Crippen molar-refractivity contribution in [1.29, 1.82) is 0 Å². The van der Waals surface area contributed by atoms with Gasteiger partial charge in [-0.05, 0) is 0 Å². The predicted octanol–water partition coefficient (Wildman–Crippen LogP) is -11.1. The molecule has 0 amide bonds. The second kappa shape index (κ2) is 58.5. The van der Waals surface area contributed by atoms with Crippen molar-refractivity contribution in [3.63, 3.8) is 0 Å². The topological polar surface area (TPSA) is 0 Å². The zero-order valence-corrected chi connectivity index (χ0v) is 6.87. The molecule has 0 nitrogen and oxygen atoms in total. The van der Waals surface area contributed by atoms with Crippen LogP contribution >= 0.6 is 0 Å². The summed E-state index contributed by atoms with van der Waals surface area (Å²) in [6.07, 6.45) is 0.